The smallest absolute Gasteiger partial charge is 0.248 e. The number of ether oxygens (including phenoxy) is 1. The lowest BCUT2D eigenvalue weighted by atomic mass is 9.92. The first-order valence-corrected chi connectivity index (χ1v) is 6.80. The topological polar surface area (TPSA) is 9.23 Å². The summed E-state index contributed by atoms with van der Waals surface area (Å²) in [6.07, 6.45) is -15.9. The zero-order valence-electron chi connectivity index (χ0n) is 15.2. The first-order valence-electron chi connectivity index (χ1n) is 6.80. The standard InChI is InChI=1S/C5H6F6O.C5H6F6.C3H6F2/c1-3(6,7)4(2,8)12-5(9,10)11;1-3(2,4(6,7)8)5(9,10)11;1-3(2,4)5/h1-2H3;1-2H3;1-2H3. The van der Waals surface area contributed by atoms with Crippen molar-refractivity contribution in [1.82, 2.24) is 0 Å². The number of hydrogen-bond donors (Lipinski definition) is 0. The summed E-state index contributed by atoms with van der Waals surface area (Å²) in [6, 6.07) is 0. The molecular formula is C13H18F14O. The van der Waals surface area contributed by atoms with Crippen molar-refractivity contribution < 1.29 is 66.2 Å². The van der Waals surface area contributed by atoms with Crippen LogP contribution in [0.3, 0.4) is 0 Å². The van der Waals surface area contributed by atoms with Gasteiger partial charge in [-0.1, -0.05) is 0 Å². The summed E-state index contributed by atoms with van der Waals surface area (Å²) in [5, 5.41) is 0. The highest BCUT2D eigenvalue weighted by molar-refractivity contribution is 4.84. The Balaban J connectivity index is -0.000000362. The van der Waals surface area contributed by atoms with Gasteiger partial charge in [0.05, 0.1) is 0 Å². The van der Waals surface area contributed by atoms with Crippen molar-refractivity contribution in [1.29, 1.82) is 0 Å². The summed E-state index contributed by atoms with van der Waals surface area (Å²) in [4.78, 5) is 0. The second-order valence-electron chi connectivity index (χ2n) is 6.30. The summed E-state index contributed by atoms with van der Waals surface area (Å²) in [5.41, 5.74) is -3.62. The average molecular weight is 456 g/mol. The Morgan fingerprint density at radius 3 is 0.714 bits per heavy atom. The van der Waals surface area contributed by atoms with Crippen LogP contribution in [-0.2, 0) is 4.74 Å². The van der Waals surface area contributed by atoms with E-state index in [1.807, 2.05) is 0 Å². The highest BCUT2D eigenvalue weighted by Gasteiger charge is 2.64. The second kappa shape index (κ2) is 9.20. The predicted octanol–water partition coefficient (Wildman–Crippen LogP) is 7.66. The van der Waals surface area contributed by atoms with Gasteiger partial charge >= 0.3 is 24.6 Å². The van der Waals surface area contributed by atoms with Gasteiger partial charge in [-0.05, 0) is 27.7 Å². The molecule has 0 aromatic heterocycles. The lowest BCUT2D eigenvalue weighted by Gasteiger charge is -2.29. The van der Waals surface area contributed by atoms with E-state index in [1.54, 1.807) is 0 Å². The van der Waals surface area contributed by atoms with E-state index in [2.05, 4.69) is 4.74 Å². The van der Waals surface area contributed by atoms with Gasteiger partial charge in [0.15, 0.2) is 5.41 Å². The van der Waals surface area contributed by atoms with Crippen LogP contribution < -0.4 is 0 Å². The van der Waals surface area contributed by atoms with Crippen LogP contribution >= 0.6 is 0 Å². The fourth-order valence-electron chi connectivity index (χ4n) is 0.468. The molecule has 28 heavy (non-hydrogen) atoms. The fraction of sp³-hybridized carbons (Fsp3) is 1.00. The number of halogens is 14. The lowest BCUT2D eigenvalue weighted by molar-refractivity contribution is -0.421. The van der Waals surface area contributed by atoms with E-state index in [0.29, 0.717) is 0 Å². The molecule has 0 rings (SSSR count). The quantitative estimate of drug-likeness (QED) is 0.388. The Kier molecular flexibility index (Phi) is 10.4. The number of rotatable bonds is 2. The molecule has 0 aliphatic heterocycles. The Morgan fingerprint density at radius 1 is 0.464 bits per heavy atom. The first-order chi connectivity index (χ1) is 11.5. The van der Waals surface area contributed by atoms with Crippen LogP contribution in [0, 0.1) is 5.41 Å². The van der Waals surface area contributed by atoms with Crippen LogP contribution in [0.2, 0.25) is 0 Å². The first kappa shape index (κ1) is 31.7. The maximum Gasteiger partial charge on any atom is 0.525 e. The normalized spacial score (nSPS) is 16.3. The Bertz CT molecular complexity index is 422. The largest absolute Gasteiger partial charge is 0.525 e. The Labute approximate surface area is 151 Å². The minimum absolute atomic E-state index is 0.00125. The van der Waals surface area contributed by atoms with Crippen molar-refractivity contribution in [2.45, 2.75) is 78.0 Å². The van der Waals surface area contributed by atoms with Gasteiger partial charge in [0.1, 0.15) is 0 Å². The second-order valence-corrected chi connectivity index (χ2v) is 6.30. The molecule has 0 N–H and O–H groups in total. The fourth-order valence-corrected chi connectivity index (χ4v) is 0.468. The summed E-state index contributed by atoms with van der Waals surface area (Å²) in [7, 11) is 0. The highest BCUT2D eigenvalue weighted by atomic mass is 19.4. The van der Waals surface area contributed by atoms with Crippen LogP contribution in [0.5, 0.6) is 0 Å². The molecular weight excluding hydrogens is 438 g/mol. The van der Waals surface area contributed by atoms with Crippen LogP contribution in [0.25, 0.3) is 0 Å². The molecule has 0 saturated carbocycles. The van der Waals surface area contributed by atoms with Gasteiger partial charge in [-0.3, -0.25) is 0 Å². The van der Waals surface area contributed by atoms with E-state index in [0.717, 1.165) is 13.8 Å². The molecule has 15 heteroatoms. The zero-order valence-corrected chi connectivity index (χ0v) is 15.2. The van der Waals surface area contributed by atoms with E-state index in [1.165, 1.54) is 0 Å². The maximum atomic E-state index is 12.4. The third-order valence-corrected chi connectivity index (χ3v) is 2.51. The minimum Gasteiger partial charge on any atom is -0.248 e. The molecule has 0 aromatic carbocycles. The monoisotopic (exact) mass is 456 g/mol. The Morgan fingerprint density at radius 2 is 0.679 bits per heavy atom. The van der Waals surface area contributed by atoms with E-state index in [9.17, 15) is 61.5 Å². The van der Waals surface area contributed by atoms with Gasteiger partial charge < -0.3 is 0 Å². The summed E-state index contributed by atoms with van der Waals surface area (Å²) < 4.78 is 165. The minimum atomic E-state index is -5.41. The van der Waals surface area contributed by atoms with Crippen LogP contribution in [0.4, 0.5) is 61.5 Å². The highest BCUT2D eigenvalue weighted by Crippen LogP contribution is 2.49. The van der Waals surface area contributed by atoms with Gasteiger partial charge in [0.2, 0.25) is 5.92 Å². The van der Waals surface area contributed by atoms with Crippen molar-refractivity contribution in [2.24, 2.45) is 5.41 Å². The predicted molar refractivity (Wildman–Crippen MR) is 69.5 cm³/mol. The molecule has 0 spiro atoms. The molecule has 0 heterocycles. The van der Waals surface area contributed by atoms with E-state index >= 15 is 0 Å². The third-order valence-electron chi connectivity index (χ3n) is 2.51. The van der Waals surface area contributed by atoms with Crippen LogP contribution in [-0.4, -0.2) is 36.4 Å². The molecule has 0 aliphatic rings. The SMILES string of the molecule is CC(C)(C(F)(F)F)C(F)(F)F.CC(C)(F)F.CC(F)(F)C(C)(F)OC(F)(F)F. The molecule has 0 radical (unpaired) electrons. The van der Waals surface area contributed by atoms with Gasteiger partial charge in [0.25, 0.3) is 5.85 Å². The van der Waals surface area contributed by atoms with Crippen molar-refractivity contribution in [2.75, 3.05) is 0 Å². The van der Waals surface area contributed by atoms with E-state index in [4.69, 9.17) is 0 Å². The Hall–Kier alpha value is -1.02. The van der Waals surface area contributed by atoms with Gasteiger partial charge in [-0.25, -0.2) is 26.7 Å². The van der Waals surface area contributed by atoms with Crippen molar-refractivity contribution in [3.05, 3.63) is 0 Å². The summed E-state index contributed by atoms with van der Waals surface area (Å²) in [5.74, 6) is -10.7. The zero-order chi connectivity index (χ0) is 24.2. The molecule has 1 unspecified atom stereocenters. The van der Waals surface area contributed by atoms with Crippen LogP contribution in [0.1, 0.15) is 41.5 Å². The lowest BCUT2D eigenvalue weighted by Crippen LogP contribution is -2.45. The van der Waals surface area contributed by atoms with Crippen molar-refractivity contribution in [3.63, 3.8) is 0 Å². The molecule has 0 aromatic rings. The molecule has 0 saturated heterocycles. The van der Waals surface area contributed by atoms with E-state index in [-0.39, 0.29) is 27.7 Å². The molecule has 174 valence electrons. The molecule has 0 bridgehead atoms. The maximum absolute atomic E-state index is 12.4. The summed E-state index contributed by atoms with van der Waals surface area (Å²) in [6.45, 7) is 1.93. The van der Waals surface area contributed by atoms with Gasteiger partial charge in [-0.15, -0.1) is 13.2 Å². The van der Waals surface area contributed by atoms with Crippen molar-refractivity contribution in [3.8, 4) is 0 Å². The molecule has 0 fully saturated rings. The van der Waals surface area contributed by atoms with Gasteiger partial charge in [-0.2, -0.15) is 26.3 Å². The summed E-state index contributed by atoms with van der Waals surface area (Å²) >= 11 is 0. The van der Waals surface area contributed by atoms with Gasteiger partial charge in [0, 0.05) is 13.8 Å². The molecule has 0 aliphatic carbocycles. The third kappa shape index (κ3) is 14.0. The van der Waals surface area contributed by atoms with Crippen LogP contribution in [0.15, 0.2) is 0 Å². The molecule has 1 atom stereocenters. The van der Waals surface area contributed by atoms with Crippen molar-refractivity contribution >= 4 is 0 Å². The molecule has 0 amide bonds. The average Bonchev–Trinajstić information content (AvgIpc) is 2.18. The number of alkyl halides is 14. The van der Waals surface area contributed by atoms with E-state index < -0.39 is 41.8 Å². The number of hydrogen-bond acceptors (Lipinski definition) is 1. The molecule has 1 nitrogen and oxygen atoms in total.